The number of aliphatic hydroxyl groups is 1. The smallest absolute Gasteiger partial charge is 0.319 e. The summed E-state index contributed by atoms with van der Waals surface area (Å²) in [5.74, 6) is 0.785. The van der Waals surface area contributed by atoms with E-state index in [0.717, 1.165) is 28.1 Å². The summed E-state index contributed by atoms with van der Waals surface area (Å²) in [6.45, 7) is 4.77. The molecule has 0 aliphatic rings. The number of nitrogens with one attached hydrogen (secondary N) is 2. The highest BCUT2D eigenvalue weighted by atomic mass is 16.5. The van der Waals surface area contributed by atoms with Gasteiger partial charge in [-0.1, -0.05) is 24.3 Å². The maximum Gasteiger partial charge on any atom is 0.319 e. The van der Waals surface area contributed by atoms with Gasteiger partial charge in [0.15, 0.2) is 0 Å². The fourth-order valence-electron chi connectivity index (χ4n) is 2.26. The second-order valence-electron chi connectivity index (χ2n) is 5.14. The highest BCUT2D eigenvalue weighted by Crippen LogP contribution is 2.21. The van der Waals surface area contributed by atoms with E-state index in [4.69, 9.17) is 4.74 Å². The van der Waals surface area contributed by atoms with Crippen molar-refractivity contribution in [2.24, 2.45) is 0 Å². The summed E-state index contributed by atoms with van der Waals surface area (Å²) in [7, 11) is 0. The van der Waals surface area contributed by atoms with E-state index in [1.165, 1.54) is 0 Å². The van der Waals surface area contributed by atoms with Crippen molar-refractivity contribution in [3.8, 4) is 5.75 Å². The Labute approximate surface area is 136 Å². The van der Waals surface area contributed by atoms with Crippen LogP contribution in [0.4, 0.5) is 10.5 Å². The Morgan fingerprint density at radius 3 is 2.57 bits per heavy atom. The van der Waals surface area contributed by atoms with Crippen molar-refractivity contribution in [1.82, 2.24) is 5.32 Å². The van der Waals surface area contributed by atoms with Crippen LogP contribution in [0.2, 0.25) is 0 Å². The SMILES string of the molecule is CCOc1ccc(NC(=O)NCc2ccccc2CO)c(C)c1. The zero-order valence-corrected chi connectivity index (χ0v) is 13.4. The van der Waals surface area contributed by atoms with Gasteiger partial charge in [-0.15, -0.1) is 0 Å². The fourth-order valence-corrected chi connectivity index (χ4v) is 2.26. The normalized spacial score (nSPS) is 10.2. The van der Waals surface area contributed by atoms with Crippen LogP contribution < -0.4 is 15.4 Å². The monoisotopic (exact) mass is 314 g/mol. The van der Waals surface area contributed by atoms with Crippen molar-refractivity contribution in [3.05, 3.63) is 59.2 Å². The largest absolute Gasteiger partial charge is 0.494 e. The van der Waals surface area contributed by atoms with E-state index in [0.29, 0.717) is 13.2 Å². The Kier molecular flexibility index (Phi) is 6.00. The van der Waals surface area contributed by atoms with Crippen molar-refractivity contribution < 1.29 is 14.6 Å². The van der Waals surface area contributed by atoms with Crippen LogP contribution in [0.3, 0.4) is 0 Å². The third kappa shape index (κ3) is 4.72. The Balaban J connectivity index is 1.94. The van der Waals surface area contributed by atoms with Crippen LogP contribution in [-0.2, 0) is 13.2 Å². The lowest BCUT2D eigenvalue weighted by Gasteiger charge is -2.12. The molecule has 0 saturated heterocycles. The average Bonchev–Trinajstić information content (AvgIpc) is 2.56. The van der Waals surface area contributed by atoms with Gasteiger partial charge in [-0.2, -0.15) is 0 Å². The van der Waals surface area contributed by atoms with Crippen molar-refractivity contribution in [2.45, 2.75) is 27.0 Å². The van der Waals surface area contributed by atoms with E-state index in [1.54, 1.807) is 0 Å². The van der Waals surface area contributed by atoms with Gasteiger partial charge in [0.05, 0.1) is 13.2 Å². The number of aryl methyl sites for hydroxylation is 1. The number of benzene rings is 2. The third-order valence-electron chi connectivity index (χ3n) is 3.49. The summed E-state index contributed by atoms with van der Waals surface area (Å²) in [5.41, 5.74) is 3.38. The van der Waals surface area contributed by atoms with Crippen molar-refractivity contribution >= 4 is 11.7 Å². The van der Waals surface area contributed by atoms with Crippen LogP contribution in [0.25, 0.3) is 0 Å². The molecule has 0 radical (unpaired) electrons. The maximum absolute atomic E-state index is 12.0. The lowest BCUT2D eigenvalue weighted by atomic mass is 10.1. The highest BCUT2D eigenvalue weighted by Gasteiger charge is 2.07. The van der Waals surface area contributed by atoms with Gasteiger partial charge >= 0.3 is 6.03 Å². The summed E-state index contributed by atoms with van der Waals surface area (Å²) in [6.07, 6.45) is 0. The molecular weight excluding hydrogens is 292 g/mol. The molecule has 2 amide bonds. The number of amides is 2. The van der Waals surface area contributed by atoms with Gasteiger partial charge in [0.25, 0.3) is 0 Å². The van der Waals surface area contributed by atoms with E-state index in [2.05, 4.69) is 10.6 Å². The molecule has 0 unspecified atom stereocenters. The number of rotatable bonds is 6. The van der Waals surface area contributed by atoms with Crippen molar-refractivity contribution in [1.29, 1.82) is 0 Å². The van der Waals surface area contributed by atoms with E-state index in [1.807, 2.05) is 56.3 Å². The zero-order chi connectivity index (χ0) is 16.7. The van der Waals surface area contributed by atoms with Crippen LogP contribution >= 0.6 is 0 Å². The molecular formula is C18H22N2O3. The van der Waals surface area contributed by atoms with E-state index >= 15 is 0 Å². The molecule has 0 fully saturated rings. The molecule has 2 aromatic rings. The van der Waals surface area contributed by atoms with Crippen LogP contribution in [0.1, 0.15) is 23.6 Å². The first-order chi connectivity index (χ1) is 11.1. The molecule has 0 bridgehead atoms. The number of hydrogen-bond donors (Lipinski definition) is 3. The van der Waals surface area contributed by atoms with E-state index < -0.39 is 0 Å². The molecule has 0 aliphatic heterocycles. The highest BCUT2D eigenvalue weighted by molar-refractivity contribution is 5.90. The van der Waals surface area contributed by atoms with Gasteiger partial charge in [-0.3, -0.25) is 0 Å². The Morgan fingerprint density at radius 1 is 1.17 bits per heavy atom. The molecule has 5 heteroatoms. The number of carbonyl (C=O) groups excluding carboxylic acids is 1. The lowest BCUT2D eigenvalue weighted by Crippen LogP contribution is -2.28. The van der Waals surface area contributed by atoms with E-state index in [9.17, 15) is 9.90 Å². The van der Waals surface area contributed by atoms with Gasteiger partial charge in [0, 0.05) is 12.2 Å². The minimum Gasteiger partial charge on any atom is -0.494 e. The van der Waals surface area contributed by atoms with Crippen LogP contribution in [-0.4, -0.2) is 17.7 Å². The number of anilines is 1. The second-order valence-corrected chi connectivity index (χ2v) is 5.14. The summed E-state index contributed by atoms with van der Waals surface area (Å²) < 4.78 is 5.43. The van der Waals surface area contributed by atoms with Gasteiger partial charge in [0.2, 0.25) is 0 Å². The minimum absolute atomic E-state index is 0.0442. The molecule has 0 heterocycles. The van der Waals surface area contributed by atoms with Crippen LogP contribution in [0, 0.1) is 6.92 Å². The lowest BCUT2D eigenvalue weighted by molar-refractivity contribution is 0.251. The summed E-state index contributed by atoms with van der Waals surface area (Å²) in [4.78, 5) is 12.0. The van der Waals surface area contributed by atoms with Crippen molar-refractivity contribution in [2.75, 3.05) is 11.9 Å². The Morgan fingerprint density at radius 2 is 1.91 bits per heavy atom. The van der Waals surface area contributed by atoms with E-state index in [-0.39, 0.29) is 12.6 Å². The third-order valence-corrected chi connectivity index (χ3v) is 3.49. The topological polar surface area (TPSA) is 70.6 Å². The predicted octanol–water partition coefficient (Wildman–Crippen LogP) is 3.21. The number of hydrogen-bond acceptors (Lipinski definition) is 3. The van der Waals surface area contributed by atoms with Gasteiger partial charge in [0.1, 0.15) is 5.75 Å². The molecule has 3 N–H and O–H groups in total. The maximum atomic E-state index is 12.0. The van der Waals surface area contributed by atoms with Crippen LogP contribution in [0.5, 0.6) is 5.75 Å². The molecule has 2 rings (SSSR count). The second kappa shape index (κ2) is 8.19. The molecule has 0 atom stereocenters. The average molecular weight is 314 g/mol. The Hall–Kier alpha value is -2.53. The summed E-state index contributed by atoms with van der Waals surface area (Å²) in [5, 5.41) is 14.9. The zero-order valence-electron chi connectivity index (χ0n) is 13.4. The number of urea groups is 1. The van der Waals surface area contributed by atoms with Crippen molar-refractivity contribution in [3.63, 3.8) is 0 Å². The predicted molar refractivity (Wildman–Crippen MR) is 90.6 cm³/mol. The quantitative estimate of drug-likeness (QED) is 0.767. The molecule has 0 saturated carbocycles. The molecule has 0 aliphatic carbocycles. The number of carbonyl (C=O) groups is 1. The fraction of sp³-hybridized carbons (Fsp3) is 0.278. The molecule has 23 heavy (non-hydrogen) atoms. The van der Waals surface area contributed by atoms with Crippen LogP contribution in [0.15, 0.2) is 42.5 Å². The number of ether oxygens (including phenoxy) is 1. The van der Waals surface area contributed by atoms with Gasteiger partial charge in [-0.25, -0.2) is 4.79 Å². The number of aliphatic hydroxyl groups excluding tert-OH is 1. The summed E-state index contributed by atoms with van der Waals surface area (Å²) >= 11 is 0. The first-order valence-corrected chi connectivity index (χ1v) is 7.60. The summed E-state index contributed by atoms with van der Waals surface area (Å²) in [6, 6.07) is 12.7. The Bertz CT molecular complexity index is 671. The minimum atomic E-state index is -0.287. The standard InChI is InChI=1S/C18H22N2O3/c1-3-23-16-8-9-17(13(2)10-16)20-18(22)19-11-14-6-4-5-7-15(14)12-21/h4-10,21H,3,11-12H2,1-2H3,(H2,19,20,22). The molecule has 122 valence electrons. The molecule has 0 spiro atoms. The molecule has 0 aromatic heterocycles. The molecule has 5 nitrogen and oxygen atoms in total. The first kappa shape index (κ1) is 16.8. The van der Waals surface area contributed by atoms with Gasteiger partial charge < -0.3 is 20.5 Å². The molecule has 2 aromatic carbocycles. The van der Waals surface area contributed by atoms with Gasteiger partial charge in [-0.05, 0) is 48.7 Å². The first-order valence-electron chi connectivity index (χ1n) is 7.60.